The average molecular weight is 240 g/mol. The minimum absolute atomic E-state index is 0.172. The number of H-pyrrole nitrogens is 1. The van der Waals surface area contributed by atoms with Crippen molar-refractivity contribution >= 4 is 5.97 Å². The molecule has 1 aromatic heterocycles. The fourth-order valence-electron chi connectivity index (χ4n) is 1.62. The van der Waals surface area contributed by atoms with Crippen LogP contribution < -0.4 is 5.32 Å². The summed E-state index contributed by atoms with van der Waals surface area (Å²) in [5.74, 6) is -0.326. The molecule has 0 aliphatic heterocycles. The topological polar surface area (TPSA) is 74.3 Å². The third-order valence-electron chi connectivity index (χ3n) is 2.68. The molecular formula is C12H20N2O3. The molecule has 5 heteroatoms. The van der Waals surface area contributed by atoms with Crippen molar-refractivity contribution in [2.24, 2.45) is 0 Å². The van der Waals surface area contributed by atoms with Crippen LogP contribution in [-0.2, 0) is 11.3 Å². The quantitative estimate of drug-likeness (QED) is 0.648. The predicted molar refractivity (Wildman–Crippen MR) is 64.9 cm³/mol. The largest absolute Gasteiger partial charge is 0.465 e. The van der Waals surface area contributed by atoms with Gasteiger partial charge in [-0.25, -0.2) is 4.79 Å². The Morgan fingerprint density at radius 1 is 1.65 bits per heavy atom. The minimum Gasteiger partial charge on any atom is -0.465 e. The molecule has 1 atom stereocenters. The zero-order valence-electron chi connectivity index (χ0n) is 10.5. The summed E-state index contributed by atoms with van der Waals surface area (Å²) in [7, 11) is 1.37. The number of carbonyl (C=O) groups is 1. The van der Waals surface area contributed by atoms with Crippen LogP contribution in [0.4, 0.5) is 0 Å². The van der Waals surface area contributed by atoms with Crippen molar-refractivity contribution < 1.29 is 14.6 Å². The number of aromatic amines is 1. The van der Waals surface area contributed by atoms with E-state index < -0.39 is 0 Å². The number of aryl methyl sites for hydroxylation is 1. The Labute approximate surface area is 101 Å². The van der Waals surface area contributed by atoms with Crippen LogP contribution in [-0.4, -0.2) is 35.8 Å². The lowest BCUT2D eigenvalue weighted by atomic mass is 10.2. The summed E-state index contributed by atoms with van der Waals surface area (Å²) in [6.07, 6.45) is 0.712. The highest BCUT2D eigenvalue weighted by Gasteiger charge is 2.12. The molecule has 0 radical (unpaired) electrons. The number of rotatable bonds is 6. The van der Waals surface area contributed by atoms with E-state index in [0.717, 1.165) is 11.4 Å². The summed E-state index contributed by atoms with van der Waals surface area (Å²) >= 11 is 0. The van der Waals surface area contributed by atoms with Crippen molar-refractivity contribution in [1.82, 2.24) is 10.3 Å². The normalized spacial score (nSPS) is 12.5. The molecule has 0 saturated heterocycles. The number of aliphatic hydroxyl groups excluding tert-OH is 1. The lowest BCUT2D eigenvalue weighted by molar-refractivity contribution is 0.0600. The Morgan fingerprint density at radius 3 is 2.94 bits per heavy atom. The van der Waals surface area contributed by atoms with Gasteiger partial charge in [0.05, 0.1) is 12.7 Å². The van der Waals surface area contributed by atoms with E-state index in [9.17, 15) is 4.79 Å². The van der Waals surface area contributed by atoms with Gasteiger partial charge in [0.15, 0.2) is 0 Å². The number of hydrogen-bond acceptors (Lipinski definition) is 4. The zero-order chi connectivity index (χ0) is 12.8. The second kappa shape index (κ2) is 6.42. The molecule has 0 aliphatic rings. The van der Waals surface area contributed by atoms with Gasteiger partial charge in [0.2, 0.25) is 0 Å². The molecular weight excluding hydrogens is 220 g/mol. The Hall–Kier alpha value is -1.33. The lowest BCUT2D eigenvalue weighted by Gasteiger charge is -2.10. The van der Waals surface area contributed by atoms with Gasteiger partial charge in [-0.05, 0) is 26.3 Å². The smallest absolute Gasteiger partial charge is 0.339 e. The first kappa shape index (κ1) is 13.7. The number of methoxy groups -OCH3 is 1. The van der Waals surface area contributed by atoms with E-state index in [-0.39, 0.29) is 18.6 Å². The van der Waals surface area contributed by atoms with Crippen LogP contribution in [0.5, 0.6) is 0 Å². The Morgan fingerprint density at radius 2 is 2.35 bits per heavy atom. The highest BCUT2D eigenvalue weighted by molar-refractivity contribution is 5.90. The van der Waals surface area contributed by atoms with Crippen LogP contribution in [0.2, 0.25) is 0 Å². The molecule has 17 heavy (non-hydrogen) atoms. The molecule has 0 saturated carbocycles. The van der Waals surface area contributed by atoms with Gasteiger partial charge < -0.3 is 20.1 Å². The SMILES string of the molecule is COC(=O)c1cc(CNC(C)CCO)[nH]c1C. The maximum atomic E-state index is 11.4. The van der Waals surface area contributed by atoms with E-state index in [1.54, 1.807) is 6.07 Å². The van der Waals surface area contributed by atoms with E-state index >= 15 is 0 Å². The summed E-state index contributed by atoms with van der Waals surface area (Å²) in [6.45, 7) is 4.66. The molecule has 0 bridgehead atoms. The first-order valence-electron chi connectivity index (χ1n) is 5.69. The van der Waals surface area contributed by atoms with Gasteiger partial charge >= 0.3 is 5.97 Å². The molecule has 0 fully saturated rings. The van der Waals surface area contributed by atoms with Gasteiger partial charge in [-0.2, -0.15) is 0 Å². The zero-order valence-corrected chi connectivity index (χ0v) is 10.5. The van der Waals surface area contributed by atoms with Crippen LogP contribution >= 0.6 is 0 Å². The summed E-state index contributed by atoms with van der Waals surface area (Å²) in [4.78, 5) is 14.5. The van der Waals surface area contributed by atoms with Gasteiger partial charge in [-0.15, -0.1) is 0 Å². The molecule has 1 aromatic rings. The second-order valence-corrected chi connectivity index (χ2v) is 4.12. The van der Waals surface area contributed by atoms with Gasteiger partial charge in [0, 0.05) is 30.6 Å². The number of nitrogens with one attached hydrogen (secondary N) is 2. The number of aromatic nitrogens is 1. The minimum atomic E-state index is -0.326. The molecule has 5 nitrogen and oxygen atoms in total. The van der Waals surface area contributed by atoms with Crippen molar-refractivity contribution in [3.63, 3.8) is 0 Å². The van der Waals surface area contributed by atoms with Crippen molar-refractivity contribution in [3.8, 4) is 0 Å². The highest BCUT2D eigenvalue weighted by atomic mass is 16.5. The summed E-state index contributed by atoms with van der Waals surface area (Å²) in [5, 5.41) is 12.0. The van der Waals surface area contributed by atoms with Crippen molar-refractivity contribution in [2.45, 2.75) is 32.9 Å². The first-order chi connectivity index (χ1) is 8.08. The van der Waals surface area contributed by atoms with Crippen LogP contribution in [0.3, 0.4) is 0 Å². The van der Waals surface area contributed by atoms with Crippen molar-refractivity contribution in [3.05, 3.63) is 23.0 Å². The van der Waals surface area contributed by atoms with Crippen LogP contribution in [0.1, 0.15) is 35.1 Å². The van der Waals surface area contributed by atoms with E-state index in [2.05, 4.69) is 15.0 Å². The number of aliphatic hydroxyl groups is 1. The molecule has 1 heterocycles. The Balaban J connectivity index is 2.58. The summed E-state index contributed by atoms with van der Waals surface area (Å²) in [6, 6.07) is 2.03. The Kier molecular flexibility index (Phi) is 5.18. The monoisotopic (exact) mass is 240 g/mol. The highest BCUT2D eigenvalue weighted by Crippen LogP contribution is 2.11. The second-order valence-electron chi connectivity index (χ2n) is 4.12. The van der Waals surface area contributed by atoms with Gasteiger partial charge in [0.1, 0.15) is 0 Å². The molecule has 0 aliphatic carbocycles. The maximum Gasteiger partial charge on any atom is 0.339 e. The van der Waals surface area contributed by atoms with E-state index in [1.165, 1.54) is 7.11 Å². The van der Waals surface area contributed by atoms with E-state index in [4.69, 9.17) is 5.11 Å². The standard InChI is InChI=1S/C12H20N2O3/c1-8(4-5-15)13-7-10-6-11(9(2)14-10)12(16)17-3/h6,8,13-15H,4-5,7H2,1-3H3. The fraction of sp³-hybridized carbons (Fsp3) is 0.583. The molecule has 3 N–H and O–H groups in total. The number of hydrogen-bond donors (Lipinski definition) is 3. The maximum absolute atomic E-state index is 11.4. The summed E-state index contributed by atoms with van der Waals surface area (Å²) < 4.78 is 4.68. The van der Waals surface area contributed by atoms with Gasteiger partial charge in [0.25, 0.3) is 0 Å². The Bertz CT molecular complexity index is 374. The van der Waals surface area contributed by atoms with E-state index in [0.29, 0.717) is 18.5 Å². The number of ether oxygens (including phenoxy) is 1. The number of carbonyl (C=O) groups excluding carboxylic acids is 1. The molecule has 0 spiro atoms. The van der Waals surface area contributed by atoms with Crippen LogP contribution in [0, 0.1) is 6.92 Å². The van der Waals surface area contributed by atoms with E-state index in [1.807, 2.05) is 13.8 Å². The molecule has 0 aromatic carbocycles. The molecule has 1 unspecified atom stereocenters. The molecule has 0 amide bonds. The molecule has 96 valence electrons. The van der Waals surface area contributed by atoms with Crippen molar-refractivity contribution in [2.75, 3.05) is 13.7 Å². The van der Waals surface area contributed by atoms with Crippen molar-refractivity contribution in [1.29, 1.82) is 0 Å². The first-order valence-corrected chi connectivity index (χ1v) is 5.69. The summed E-state index contributed by atoms with van der Waals surface area (Å²) in [5.41, 5.74) is 2.32. The van der Waals surface area contributed by atoms with Crippen LogP contribution in [0.15, 0.2) is 6.07 Å². The average Bonchev–Trinajstić information content (AvgIpc) is 2.67. The fourth-order valence-corrected chi connectivity index (χ4v) is 1.62. The van der Waals surface area contributed by atoms with Gasteiger partial charge in [-0.1, -0.05) is 0 Å². The molecule has 1 rings (SSSR count). The predicted octanol–water partition coefficient (Wildman–Crippen LogP) is 0.970. The van der Waals surface area contributed by atoms with Gasteiger partial charge in [-0.3, -0.25) is 0 Å². The lowest BCUT2D eigenvalue weighted by Crippen LogP contribution is -2.26. The third kappa shape index (κ3) is 3.87. The number of esters is 1. The van der Waals surface area contributed by atoms with Crippen LogP contribution in [0.25, 0.3) is 0 Å². The third-order valence-corrected chi connectivity index (χ3v) is 2.68.